The number of ether oxygens (including phenoxy) is 1. The van der Waals surface area contributed by atoms with Gasteiger partial charge in [0.15, 0.2) is 0 Å². The molecule has 0 radical (unpaired) electrons. The highest BCUT2D eigenvalue weighted by molar-refractivity contribution is 5.97. The predicted octanol–water partition coefficient (Wildman–Crippen LogP) is 3.26. The number of carbonyl (C=O) groups is 2. The first-order valence-corrected chi connectivity index (χ1v) is 8.78. The number of hydrogen-bond donors (Lipinski definition) is 2. The van der Waals surface area contributed by atoms with Crippen LogP contribution in [-0.4, -0.2) is 24.4 Å². The summed E-state index contributed by atoms with van der Waals surface area (Å²) in [5.41, 5.74) is 0.394. The van der Waals surface area contributed by atoms with E-state index >= 15 is 0 Å². The lowest BCUT2D eigenvalue weighted by atomic mass is 10.0. The maximum atomic E-state index is 12.6. The summed E-state index contributed by atoms with van der Waals surface area (Å²) in [4.78, 5) is 24.8. The van der Waals surface area contributed by atoms with Gasteiger partial charge in [-0.1, -0.05) is 38.1 Å². The van der Waals surface area contributed by atoms with Gasteiger partial charge in [-0.3, -0.25) is 9.59 Å². The third-order valence-electron chi connectivity index (χ3n) is 3.75. The summed E-state index contributed by atoms with van der Waals surface area (Å²) < 4.78 is 5.74. The lowest BCUT2D eigenvalue weighted by Gasteiger charge is -2.19. The van der Waals surface area contributed by atoms with Gasteiger partial charge in [-0.05, 0) is 42.7 Å². The van der Waals surface area contributed by atoms with E-state index < -0.39 is 6.04 Å². The number of nitrogens with zero attached hydrogens (tertiary/aromatic N) is 1. The Morgan fingerprint density at radius 3 is 2.44 bits per heavy atom. The summed E-state index contributed by atoms with van der Waals surface area (Å²) in [5, 5.41) is 13.9. The summed E-state index contributed by atoms with van der Waals surface area (Å²) in [7, 11) is 0. The van der Waals surface area contributed by atoms with E-state index in [-0.39, 0.29) is 24.3 Å². The van der Waals surface area contributed by atoms with Crippen LogP contribution in [0.1, 0.15) is 30.6 Å². The highest BCUT2D eigenvalue weighted by Crippen LogP contribution is 2.22. The summed E-state index contributed by atoms with van der Waals surface area (Å²) in [5.74, 6) is 0.671. The molecule has 0 aliphatic rings. The van der Waals surface area contributed by atoms with E-state index in [0.717, 1.165) is 0 Å². The Morgan fingerprint density at radius 1 is 1.07 bits per heavy atom. The zero-order chi connectivity index (χ0) is 19.6. The Bertz CT molecular complexity index is 813. The number of benzene rings is 2. The van der Waals surface area contributed by atoms with Crippen molar-refractivity contribution >= 4 is 11.8 Å². The average Bonchev–Trinajstić information content (AvgIpc) is 2.66. The van der Waals surface area contributed by atoms with Crippen molar-refractivity contribution in [1.82, 2.24) is 10.6 Å². The van der Waals surface area contributed by atoms with Crippen LogP contribution in [0.5, 0.6) is 11.5 Å². The normalized spacial score (nSPS) is 11.3. The van der Waals surface area contributed by atoms with Crippen molar-refractivity contribution < 1.29 is 14.3 Å². The summed E-state index contributed by atoms with van der Waals surface area (Å²) >= 11 is 0. The van der Waals surface area contributed by atoms with Gasteiger partial charge in [0.05, 0.1) is 6.07 Å². The zero-order valence-electron chi connectivity index (χ0n) is 15.4. The van der Waals surface area contributed by atoms with Crippen LogP contribution in [0.25, 0.3) is 0 Å². The third-order valence-corrected chi connectivity index (χ3v) is 3.75. The second kappa shape index (κ2) is 9.97. The van der Waals surface area contributed by atoms with Crippen LogP contribution in [-0.2, 0) is 4.79 Å². The molecule has 2 N–H and O–H groups in total. The molecule has 1 unspecified atom stereocenters. The molecule has 6 nitrogen and oxygen atoms in total. The highest BCUT2D eigenvalue weighted by atomic mass is 16.5. The average molecular weight is 365 g/mol. The van der Waals surface area contributed by atoms with Crippen LogP contribution in [0, 0.1) is 17.2 Å². The van der Waals surface area contributed by atoms with Crippen LogP contribution >= 0.6 is 0 Å². The second-order valence-electron chi connectivity index (χ2n) is 6.47. The Labute approximate surface area is 159 Å². The Morgan fingerprint density at radius 2 is 1.78 bits per heavy atom. The fourth-order valence-electron chi connectivity index (χ4n) is 2.52. The molecule has 0 aromatic heterocycles. The number of rotatable bonds is 8. The molecule has 2 rings (SSSR count). The first-order chi connectivity index (χ1) is 13.0. The molecule has 1 atom stereocenters. The largest absolute Gasteiger partial charge is 0.457 e. The lowest BCUT2D eigenvalue weighted by Crippen LogP contribution is -2.47. The molecule has 0 saturated heterocycles. The van der Waals surface area contributed by atoms with Crippen LogP contribution < -0.4 is 15.4 Å². The van der Waals surface area contributed by atoms with Crippen molar-refractivity contribution in [2.75, 3.05) is 6.54 Å². The van der Waals surface area contributed by atoms with Crippen LogP contribution in [0.3, 0.4) is 0 Å². The second-order valence-corrected chi connectivity index (χ2v) is 6.47. The lowest BCUT2D eigenvalue weighted by molar-refractivity contribution is -0.123. The smallest absolute Gasteiger partial charge is 0.252 e. The summed E-state index contributed by atoms with van der Waals surface area (Å²) in [6.45, 7) is 3.83. The van der Waals surface area contributed by atoms with E-state index in [2.05, 4.69) is 10.6 Å². The number of para-hydroxylation sites is 1. The third kappa shape index (κ3) is 6.48. The molecule has 0 bridgehead atoms. The molecule has 0 saturated carbocycles. The molecular formula is C21H23N3O3. The molecule has 27 heavy (non-hydrogen) atoms. The molecule has 0 aliphatic heterocycles. The molecule has 0 heterocycles. The van der Waals surface area contributed by atoms with Gasteiger partial charge in [-0.15, -0.1) is 0 Å². The predicted molar refractivity (Wildman–Crippen MR) is 102 cm³/mol. The first-order valence-electron chi connectivity index (χ1n) is 8.78. The molecule has 0 aliphatic carbocycles. The minimum atomic E-state index is -0.704. The monoisotopic (exact) mass is 365 g/mol. The highest BCUT2D eigenvalue weighted by Gasteiger charge is 2.22. The van der Waals surface area contributed by atoms with Crippen molar-refractivity contribution in [3.63, 3.8) is 0 Å². The van der Waals surface area contributed by atoms with Crippen molar-refractivity contribution in [3.8, 4) is 17.6 Å². The SMILES string of the molecule is CC(C)CC(NC(=O)c1cccc(Oc2ccccc2)c1)C(=O)NCC#N. The van der Waals surface area contributed by atoms with Crippen molar-refractivity contribution in [1.29, 1.82) is 5.26 Å². The molecule has 0 fully saturated rings. The van der Waals surface area contributed by atoms with Gasteiger partial charge in [-0.2, -0.15) is 5.26 Å². The van der Waals surface area contributed by atoms with Crippen LogP contribution in [0.2, 0.25) is 0 Å². The molecule has 2 amide bonds. The maximum Gasteiger partial charge on any atom is 0.252 e. The van der Waals surface area contributed by atoms with Crippen molar-refractivity contribution in [3.05, 3.63) is 60.2 Å². The van der Waals surface area contributed by atoms with Gasteiger partial charge in [0, 0.05) is 5.56 Å². The fraction of sp³-hybridized carbons (Fsp3) is 0.286. The van der Waals surface area contributed by atoms with E-state index in [1.54, 1.807) is 24.3 Å². The first kappa shape index (κ1) is 20.0. The molecule has 140 valence electrons. The van der Waals surface area contributed by atoms with Gasteiger partial charge in [-0.25, -0.2) is 0 Å². The van der Waals surface area contributed by atoms with Gasteiger partial charge in [0.1, 0.15) is 24.1 Å². The topological polar surface area (TPSA) is 91.2 Å². The fourth-order valence-corrected chi connectivity index (χ4v) is 2.52. The molecule has 2 aromatic rings. The Balaban J connectivity index is 2.09. The van der Waals surface area contributed by atoms with Gasteiger partial charge < -0.3 is 15.4 Å². The summed E-state index contributed by atoms with van der Waals surface area (Å²) in [6.07, 6.45) is 0.475. The van der Waals surface area contributed by atoms with Crippen LogP contribution in [0.15, 0.2) is 54.6 Å². The summed E-state index contributed by atoms with van der Waals surface area (Å²) in [6, 6.07) is 17.2. The maximum absolute atomic E-state index is 12.6. The van der Waals surface area contributed by atoms with Gasteiger partial charge in [0.25, 0.3) is 5.91 Å². The standard InChI is InChI=1S/C21H23N3O3/c1-15(2)13-19(21(26)23-12-11-22)24-20(25)16-7-6-10-18(14-16)27-17-8-4-3-5-9-17/h3-10,14-15,19H,12-13H2,1-2H3,(H,23,26)(H,24,25). The van der Waals surface area contributed by atoms with Crippen molar-refractivity contribution in [2.45, 2.75) is 26.3 Å². The van der Waals surface area contributed by atoms with Gasteiger partial charge >= 0.3 is 0 Å². The molecule has 2 aromatic carbocycles. The van der Waals surface area contributed by atoms with Gasteiger partial charge in [0.2, 0.25) is 5.91 Å². The van der Waals surface area contributed by atoms with E-state index in [4.69, 9.17) is 10.00 Å². The van der Waals surface area contributed by atoms with E-state index in [0.29, 0.717) is 23.5 Å². The van der Waals surface area contributed by atoms with Crippen molar-refractivity contribution in [2.24, 2.45) is 5.92 Å². The Hall–Kier alpha value is -3.33. The number of hydrogen-bond acceptors (Lipinski definition) is 4. The van der Waals surface area contributed by atoms with E-state index in [9.17, 15) is 9.59 Å². The number of nitriles is 1. The number of carbonyl (C=O) groups excluding carboxylic acids is 2. The van der Waals surface area contributed by atoms with Crippen LogP contribution in [0.4, 0.5) is 0 Å². The minimum Gasteiger partial charge on any atom is -0.457 e. The van der Waals surface area contributed by atoms with E-state index in [1.807, 2.05) is 50.2 Å². The molecular weight excluding hydrogens is 342 g/mol. The molecule has 6 heteroatoms. The minimum absolute atomic E-state index is 0.0936. The van der Waals surface area contributed by atoms with E-state index in [1.165, 1.54) is 0 Å². The number of nitrogens with one attached hydrogen (secondary N) is 2. The molecule has 0 spiro atoms. The quantitative estimate of drug-likeness (QED) is 0.703. The Kier molecular flexibility index (Phi) is 7.38. The zero-order valence-corrected chi connectivity index (χ0v) is 15.4. The number of amides is 2.